The van der Waals surface area contributed by atoms with E-state index in [0.717, 1.165) is 11.1 Å². The number of carbonyl (C=O) groups excluding carboxylic acids is 3. The fourth-order valence-electron chi connectivity index (χ4n) is 3.03. The molecule has 0 fully saturated rings. The van der Waals surface area contributed by atoms with Gasteiger partial charge in [0.2, 0.25) is 11.7 Å². The van der Waals surface area contributed by atoms with Gasteiger partial charge in [-0.2, -0.15) is 0 Å². The lowest BCUT2D eigenvalue weighted by Crippen LogP contribution is -2.24. The predicted molar refractivity (Wildman–Crippen MR) is 125 cm³/mol. The second-order valence-corrected chi connectivity index (χ2v) is 8.20. The highest BCUT2D eigenvalue weighted by atomic mass is 16.5. The number of aromatic nitrogens is 1. The van der Waals surface area contributed by atoms with Crippen molar-refractivity contribution in [2.45, 2.75) is 46.6 Å². The first-order valence-electron chi connectivity index (χ1n) is 10.9. The van der Waals surface area contributed by atoms with Crippen molar-refractivity contribution in [3.63, 3.8) is 0 Å². The van der Waals surface area contributed by atoms with Crippen molar-refractivity contribution < 1.29 is 23.5 Å². The van der Waals surface area contributed by atoms with E-state index >= 15 is 0 Å². The van der Waals surface area contributed by atoms with Gasteiger partial charge in [0.15, 0.2) is 17.8 Å². The number of ether oxygens (including phenoxy) is 1. The van der Waals surface area contributed by atoms with Crippen LogP contribution in [0.15, 0.2) is 59.1 Å². The van der Waals surface area contributed by atoms with Crippen LogP contribution in [0.4, 0.5) is 5.69 Å². The molecule has 0 aliphatic carbocycles. The van der Waals surface area contributed by atoms with E-state index in [1.54, 1.807) is 44.3 Å². The lowest BCUT2D eigenvalue weighted by atomic mass is 10.1. The second-order valence-electron chi connectivity index (χ2n) is 8.20. The summed E-state index contributed by atoms with van der Waals surface area (Å²) < 4.78 is 11.0. The summed E-state index contributed by atoms with van der Waals surface area (Å²) >= 11 is 0. The molecule has 1 heterocycles. The highest BCUT2D eigenvalue weighted by Gasteiger charge is 2.20. The third kappa shape index (κ3) is 6.62. The van der Waals surface area contributed by atoms with Crippen LogP contribution in [0.5, 0.6) is 0 Å². The number of oxazole rings is 1. The van der Waals surface area contributed by atoms with Crippen LogP contribution in [-0.2, 0) is 20.7 Å². The number of Topliss-reactive ketones (excluding diaryl/α,β-unsaturated/α-hetero) is 1. The van der Waals surface area contributed by atoms with Crippen molar-refractivity contribution in [1.82, 2.24) is 4.98 Å². The van der Waals surface area contributed by atoms with Gasteiger partial charge in [-0.15, -0.1) is 0 Å². The van der Waals surface area contributed by atoms with Crippen molar-refractivity contribution in [1.29, 1.82) is 0 Å². The van der Waals surface area contributed by atoms with Crippen molar-refractivity contribution in [3.05, 3.63) is 71.7 Å². The molecule has 7 nitrogen and oxygen atoms in total. The van der Waals surface area contributed by atoms with Crippen LogP contribution in [0.1, 0.15) is 49.0 Å². The van der Waals surface area contributed by atoms with Crippen molar-refractivity contribution in [2.75, 3.05) is 5.32 Å². The lowest BCUT2D eigenvalue weighted by molar-refractivity contribution is -0.146. The van der Waals surface area contributed by atoms with E-state index in [2.05, 4.69) is 10.3 Å². The molecule has 2 aromatic carbocycles. The molecule has 0 aliphatic rings. The van der Waals surface area contributed by atoms with Gasteiger partial charge in [-0.3, -0.25) is 14.4 Å². The van der Waals surface area contributed by atoms with Crippen molar-refractivity contribution >= 4 is 23.3 Å². The SMILES string of the molecule is Cc1ccc(-c2cnc(CCC(=O)OC(C)C(=O)c3ccc(NC(=O)C(C)C)cc3)o2)cc1. The molecule has 0 radical (unpaired) electrons. The smallest absolute Gasteiger partial charge is 0.307 e. The van der Waals surface area contributed by atoms with E-state index in [-0.39, 0.29) is 30.4 Å². The molecule has 0 aliphatic heterocycles. The van der Waals surface area contributed by atoms with Crippen LogP contribution in [-0.4, -0.2) is 28.7 Å². The minimum Gasteiger partial charge on any atom is -0.454 e. The number of ketones is 1. The number of rotatable bonds is 9. The molecular formula is C26H28N2O5. The molecule has 1 unspecified atom stereocenters. The molecule has 0 saturated carbocycles. The Morgan fingerprint density at radius 3 is 2.30 bits per heavy atom. The second kappa shape index (κ2) is 10.7. The summed E-state index contributed by atoms with van der Waals surface area (Å²) in [7, 11) is 0. The van der Waals surface area contributed by atoms with Gasteiger partial charge in [-0.1, -0.05) is 43.7 Å². The highest BCUT2D eigenvalue weighted by molar-refractivity contribution is 6.01. The first-order chi connectivity index (χ1) is 15.7. The Morgan fingerprint density at radius 1 is 1.00 bits per heavy atom. The van der Waals surface area contributed by atoms with Gasteiger partial charge in [0.25, 0.3) is 0 Å². The Kier molecular flexibility index (Phi) is 7.77. The molecule has 3 rings (SSSR count). The molecule has 172 valence electrons. The maximum Gasteiger partial charge on any atom is 0.307 e. The van der Waals surface area contributed by atoms with E-state index in [4.69, 9.17) is 9.15 Å². The topological polar surface area (TPSA) is 98.5 Å². The summed E-state index contributed by atoms with van der Waals surface area (Å²) in [4.78, 5) is 40.8. The van der Waals surface area contributed by atoms with E-state index in [9.17, 15) is 14.4 Å². The number of hydrogen-bond acceptors (Lipinski definition) is 6. The Hall–Kier alpha value is -3.74. The average Bonchev–Trinajstić information content (AvgIpc) is 3.27. The molecule has 1 atom stereocenters. The van der Waals surface area contributed by atoms with Crippen LogP contribution >= 0.6 is 0 Å². The monoisotopic (exact) mass is 448 g/mol. The standard InChI is InChI=1S/C26H28N2O5/c1-16(2)26(31)28-21-11-9-20(10-12-21)25(30)18(4)32-24(29)14-13-23-27-15-22(33-23)19-7-5-17(3)6-8-19/h5-12,15-16,18H,13-14H2,1-4H3,(H,28,31). The van der Waals surface area contributed by atoms with Crippen LogP contribution in [0.25, 0.3) is 11.3 Å². The van der Waals surface area contributed by atoms with Crippen LogP contribution in [0.3, 0.4) is 0 Å². The minimum absolute atomic E-state index is 0.0473. The van der Waals surface area contributed by atoms with Crippen molar-refractivity contribution in [3.8, 4) is 11.3 Å². The Bertz CT molecular complexity index is 1110. The van der Waals surface area contributed by atoms with E-state index in [1.165, 1.54) is 6.92 Å². The summed E-state index contributed by atoms with van der Waals surface area (Å²) in [5.41, 5.74) is 3.06. The van der Waals surface area contributed by atoms with E-state index in [1.807, 2.05) is 31.2 Å². The summed E-state index contributed by atoms with van der Waals surface area (Å²) in [6.45, 7) is 7.15. The molecule has 0 spiro atoms. The lowest BCUT2D eigenvalue weighted by Gasteiger charge is -2.13. The first kappa shape index (κ1) is 23.9. The van der Waals surface area contributed by atoms with E-state index < -0.39 is 12.1 Å². The fourth-order valence-corrected chi connectivity index (χ4v) is 3.03. The number of carbonyl (C=O) groups is 3. The number of aryl methyl sites for hydroxylation is 2. The van der Waals surface area contributed by atoms with Gasteiger partial charge in [0.1, 0.15) is 0 Å². The third-order valence-electron chi connectivity index (χ3n) is 5.07. The van der Waals surface area contributed by atoms with Crippen LogP contribution in [0, 0.1) is 12.8 Å². The number of hydrogen-bond donors (Lipinski definition) is 1. The molecule has 33 heavy (non-hydrogen) atoms. The Morgan fingerprint density at radius 2 is 1.67 bits per heavy atom. The summed E-state index contributed by atoms with van der Waals surface area (Å²) in [5, 5.41) is 2.77. The zero-order valence-electron chi connectivity index (χ0n) is 19.3. The molecule has 1 aromatic heterocycles. The van der Waals surface area contributed by atoms with Crippen LogP contribution < -0.4 is 5.32 Å². The first-order valence-corrected chi connectivity index (χ1v) is 10.9. The van der Waals surface area contributed by atoms with Crippen LogP contribution in [0.2, 0.25) is 0 Å². The average molecular weight is 449 g/mol. The molecular weight excluding hydrogens is 420 g/mol. The number of esters is 1. The molecule has 0 saturated heterocycles. The van der Waals surface area contributed by atoms with Gasteiger partial charge >= 0.3 is 5.97 Å². The molecule has 1 N–H and O–H groups in total. The maximum atomic E-state index is 12.6. The predicted octanol–water partition coefficient (Wildman–Crippen LogP) is 4.99. The van der Waals surface area contributed by atoms with Gasteiger partial charge in [0, 0.05) is 29.2 Å². The quantitative estimate of drug-likeness (QED) is 0.366. The Balaban J connectivity index is 1.49. The zero-order valence-corrected chi connectivity index (χ0v) is 19.3. The number of nitrogens with zero attached hydrogens (tertiary/aromatic N) is 1. The van der Waals surface area contributed by atoms with Gasteiger partial charge in [-0.05, 0) is 38.1 Å². The molecule has 1 amide bonds. The minimum atomic E-state index is -0.929. The highest BCUT2D eigenvalue weighted by Crippen LogP contribution is 2.21. The summed E-state index contributed by atoms with van der Waals surface area (Å²) in [6, 6.07) is 14.4. The van der Waals surface area contributed by atoms with Gasteiger partial charge in [-0.25, -0.2) is 4.98 Å². The number of nitrogens with one attached hydrogen (secondary N) is 1. The number of anilines is 1. The summed E-state index contributed by atoms with van der Waals surface area (Å²) in [6.07, 6.45) is 1.02. The molecule has 3 aromatic rings. The zero-order chi connectivity index (χ0) is 24.0. The normalized spacial score (nSPS) is 11.8. The molecule has 7 heteroatoms. The van der Waals surface area contributed by atoms with E-state index in [0.29, 0.717) is 22.9 Å². The van der Waals surface area contributed by atoms with Gasteiger partial charge in [0.05, 0.1) is 12.6 Å². The largest absolute Gasteiger partial charge is 0.454 e. The Labute approximate surface area is 193 Å². The fraction of sp³-hybridized carbons (Fsp3) is 0.308. The number of benzene rings is 2. The molecule has 0 bridgehead atoms. The van der Waals surface area contributed by atoms with Gasteiger partial charge < -0.3 is 14.5 Å². The summed E-state index contributed by atoms with van der Waals surface area (Å²) in [5.74, 6) is -0.00479. The number of amides is 1. The maximum absolute atomic E-state index is 12.6. The van der Waals surface area contributed by atoms with Crippen molar-refractivity contribution in [2.24, 2.45) is 5.92 Å². The third-order valence-corrected chi connectivity index (χ3v) is 5.07.